The minimum absolute atomic E-state index is 0.00477. The maximum atomic E-state index is 12.9. The van der Waals surface area contributed by atoms with Crippen LogP contribution in [0.4, 0.5) is 10.1 Å². The summed E-state index contributed by atoms with van der Waals surface area (Å²) in [5.74, 6) is -2.01. The fourth-order valence-corrected chi connectivity index (χ4v) is 2.29. The van der Waals surface area contributed by atoms with Crippen LogP contribution < -0.4 is 5.32 Å². The normalized spacial score (nSPS) is 18.1. The number of halogens is 2. The van der Waals surface area contributed by atoms with E-state index < -0.39 is 17.6 Å². The molecule has 2 rings (SSSR count). The molecule has 0 aliphatic carbocycles. The highest BCUT2D eigenvalue weighted by molar-refractivity contribution is 6.41. The second-order valence-electron chi connectivity index (χ2n) is 4.67. The van der Waals surface area contributed by atoms with Crippen molar-refractivity contribution in [3.8, 4) is 0 Å². The smallest absolute Gasteiger partial charge is 0.313 e. The Morgan fingerprint density at radius 2 is 2.25 bits per heavy atom. The molecule has 1 aliphatic rings. The summed E-state index contributed by atoms with van der Waals surface area (Å²) in [4.78, 5) is 25.1. The molecule has 1 unspecified atom stereocenters. The van der Waals surface area contributed by atoms with E-state index in [1.165, 1.54) is 11.0 Å². The quantitative estimate of drug-likeness (QED) is 0.808. The highest BCUT2D eigenvalue weighted by atomic mass is 35.5. The van der Waals surface area contributed by atoms with Gasteiger partial charge in [-0.3, -0.25) is 9.59 Å². The van der Waals surface area contributed by atoms with E-state index in [1.54, 1.807) is 0 Å². The van der Waals surface area contributed by atoms with Crippen molar-refractivity contribution in [2.24, 2.45) is 5.92 Å². The third-order valence-electron chi connectivity index (χ3n) is 3.20. The molecule has 0 saturated carbocycles. The lowest BCUT2D eigenvalue weighted by atomic mass is 10.1. The third kappa shape index (κ3) is 3.26. The summed E-state index contributed by atoms with van der Waals surface area (Å²) >= 11 is 5.77. The van der Waals surface area contributed by atoms with Gasteiger partial charge in [-0.25, -0.2) is 4.39 Å². The molecule has 1 atom stereocenters. The second-order valence-corrected chi connectivity index (χ2v) is 5.07. The van der Waals surface area contributed by atoms with Crippen LogP contribution in [0.25, 0.3) is 0 Å². The molecule has 1 fully saturated rings. The van der Waals surface area contributed by atoms with Crippen molar-refractivity contribution in [1.82, 2.24) is 4.90 Å². The highest BCUT2D eigenvalue weighted by Crippen LogP contribution is 2.23. The van der Waals surface area contributed by atoms with Crippen molar-refractivity contribution in [2.75, 3.05) is 25.0 Å². The van der Waals surface area contributed by atoms with E-state index in [0.717, 1.165) is 12.1 Å². The molecule has 108 valence electrons. The Labute approximate surface area is 120 Å². The number of nitrogens with one attached hydrogen (secondary N) is 1. The third-order valence-corrected chi connectivity index (χ3v) is 3.52. The van der Waals surface area contributed by atoms with E-state index in [4.69, 9.17) is 16.7 Å². The molecule has 0 aromatic heterocycles. The molecule has 0 radical (unpaired) electrons. The van der Waals surface area contributed by atoms with Gasteiger partial charge in [0.15, 0.2) is 0 Å². The Morgan fingerprint density at radius 1 is 1.50 bits per heavy atom. The van der Waals surface area contributed by atoms with Gasteiger partial charge in [-0.05, 0) is 24.6 Å². The Morgan fingerprint density at radius 3 is 2.85 bits per heavy atom. The van der Waals surface area contributed by atoms with Gasteiger partial charge in [-0.15, -0.1) is 0 Å². The van der Waals surface area contributed by atoms with Gasteiger partial charge in [0.25, 0.3) is 0 Å². The molecular weight excluding hydrogens is 287 g/mol. The number of benzene rings is 1. The van der Waals surface area contributed by atoms with E-state index in [9.17, 15) is 14.0 Å². The summed E-state index contributed by atoms with van der Waals surface area (Å²) in [6.07, 6.45) is 0.673. The number of likely N-dealkylation sites (tertiary alicyclic amines) is 1. The molecule has 2 amide bonds. The van der Waals surface area contributed by atoms with E-state index >= 15 is 0 Å². The van der Waals surface area contributed by atoms with Crippen LogP contribution in [-0.4, -0.2) is 41.5 Å². The molecule has 0 spiro atoms. The molecule has 2 N–H and O–H groups in total. The Bertz CT molecular complexity index is 538. The zero-order chi connectivity index (χ0) is 14.7. The van der Waals surface area contributed by atoms with Crippen LogP contribution in [0.15, 0.2) is 18.2 Å². The molecule has 7 heteroatoms. The minimum Gasteiger partial charge on any atom is -0.396 e. The van der Waals surface area contributed by atoms with Crippen LogP contribution >= 0.6 is 11.6 Å². The lowest BCUT2D eigenvalue weighted by Crippen LogP contribution is -2.38. The lowest BCUT2D eigenvalue weighted by molar-refractivity contribution is -0.142. The molecule has 0 bridgehead atoms. The molecule has 1 aromatic carbocycles. The van der Waals surface area contributed by atoms with Crippen molar-refractivity contribution in [3.63, 3.8) is 0 Å². The number of nitrogens with zero attached hydrogens (tertiary/aromatic N) is 1. The van der Waals surface area contributed by atoms with Crippen LogP contribution in [0.1, 0.15) is 6.42 Å². The number of rotatable bonds is 2. The minimum atomic E-state index is -0.822. The van der Waals surface area contributed by atoms with Crippen molar-refractivity contribution in [1.29, 1.82) is 0 Å². The summed E-state index contributed by atoms with van der Waals surface area (Å²) in [6.45, 7) is 0.795. The van der Waals surface area contributed by atoms with Crippen LogP contribution in [-0.2, 0) is 9.59 Å². The van der Waals surface area contributed by atoms with Crippen LogP contribution in [0, 0.1) is 11.7 Å². The lowest BCUT2D eigenvalue weighted by Gasteiger charge is -2.15. The first-order valence-corrected chi connectivity index (χ1v) is 6.55. The van der Waals surface area contributed by atoms with Gasteiger partial charge in [-0.2, -0.15) is 0 Å². The molecular formula is C13H14ClFN2O3. The summed E-state index contributed by atoms with van der Waals surface area (Å²) in [5, 5.41) is 11.4. The van der Waals surface area contributed by atoms with Crippen LogP contribution in [0.2, 0.25) is 5.02 Å². The number of carbonyl (C=O) groups excluding carboxylic acids is 2. The van der Waals surface area contributed by atoms with Crippen molar-refractivity contribution >= 4 is 29.1 Å². The van der Waals surface area contributed by atoms with Crippen LogP contribution in [0.5, 0.6) is 0 Å². The summed E-state index contributed by atoms with van der Waals surface area (Å²) < 4.78 is 12.9. The molecule has 1 aliphatic heterocycles. The highest BCUT2D eigenvalue weighted by Gasteiger charge is 2.29. The number of aliphatic hydroxyl groups excluding tert-OH is 1. The second kappa shape index (κ2) is 6.19. The molecule has 1 saturated heterocycles. The Hall–Kier alpha value is -1.66. The first-order valence-electron chi connectivity index (χ1n) is 6.17. The number of hydrogen-bond donors (Lipinski definition) is 2. The summed E-state index contributed by atoms with van der Waals surface area (Å²) in [7, 11) is 0. The van der Waals surface area contributed by atoms with Crippen molar-refractivity contribution < 1.29 is 19.1 Å². The number of amides is 2. The molecule has 1 heterocycles. The van der Waals surface area contributed by atoms with E-state index in [-0.39, 0.29) is 23.2 Å². The summed E-state index contributed by atoms with van der Waals surface area (Å²) in [6, 6.07) is 3.49. The predicted octanol–water partition coefficient (Wildman–Crippen LogP) is 1.26. The van der Waals surface area contributed by atoms with Crippen molar-refractivity contribution in [2.45, 2.75) is 6.42 Å². The average Bonchev–Trinajstić information content (AvgIpc) is 2.89. The molecule has 20 heavy (non-hydrogen) atoms. The van der Waals surface area contributed by atoms with Gasteiger partial charge < -0.3 is 15.3 Å². The topological polar surface area (TPSA) is 69.6 Å². The fourth-order valence-electron chi connectivity index (χ4n) is 2.08. The van der Waals surface area contributed by atoms with Gasteiger partial charge in [0.2, 0.25) is 0 Å². The van der Waals surface area contributed by atoms with E-state index in [0.29, 0.717) is 19.5 Å². The standard InChI is InChI=1S/C13H14ClFN2O3/c14-10-5-9(15)1-2-11(10)16-12(19)13(20)17-4-3-8(6-17)7-18/h1-2,5,8,18H,3-4,6-7H2,(H,16,19). The van der Waals surface area contributed by atoms with Gasteiger partial charge in [0.05, 0.1) is 10.7 Å². The Kier molecular flexibility index (Phi) is 4.57. The molecule has 5 nitrogen and oxygen atoms in total. The number of anilines is 1. The predicted molar refractivity (Wildman–Crippen MR) is 71.8 cm³/mol. The van der Waals surface area contributed by atoms with Crippen LogP contribution in [0.3, 0.4) is 0 Å². The van der Waals surface area contributed by atoms with Gasteiger partial charge in [-0.1, -0.05) is 11.6 Å². The first-order chi connectivity index (χ1) is 9.51. The maximum Gasteiger partial charge on any atom is 0.313 e. The average molecular weight is 301 g/mol. The van der Waals surface area contributed by atoms with E-state index in [1.807, 2.05) is 0 Å². The van der Waals surface area contributed by atoms with Gasteiger partial charge >= 0.3 is 11.8 Å². The first kappa shape index (κ1) is 14.7. The number of hydrogen-bond acceptors (Lipinski definition) is 3. The zero-order valence-corrected chi connectivity index (χ0v) is 11.4. The molecule has 1 aromatic rings. The fraction of sp³-hybridized carbons (Fsp3) is 0.385. The van der Waals surface area contributed by atoms with Crippen molar-refractivity contribution in [3.05, 3.63) is 29.0 Å². The SMILES string of the molecule is O=C(Nc1ccc(F)cc1Cl)C(=O)N1CCC(CO)C1. The monoisotopic (exact) mass is 300 g/mol. The van der Waals surface area contributed by atoms with E-state index in [2.05, 4.69) is 5.32 Å². The van der Waals surface area contributed by atoms with Gasteiger partial charge in [0, 0.05) is 25.6 Å². The largest absolute Gasteiger partial charge is 0.396 e. The number of aliphatic hydroxyl groups is 1. The zero-order valence-electron chi connectivity index (χ0n) is 10.6. The number of carbonyl (C=O) groups is 2. The maximum absolute atomic E-state index is 12.9. The van der Waals surface area contributed by atoms with Gasteiger partial charge in [0.1, 0.15) is 5.82 Å². The summed E-state index contributed by atoms with van der Waals surface area (Å²) in [5.41, 5.74) is 0.185. The Balaban J connectivity index is 1.99.